The molecule has 0 saturated carbocycles. The maximum Gasteiger partial charge on any atom is 0.359 e. The molecule has 0 radical (unpaired) electrons. The van der Waals surface area contributed by atoms with Crippen molar-refractivity contribution < 1.29 is 19.1 Å². The molecule has 3 rings (SSSR count). The molecule has 168 valence electrons. The first kappa shape index (κ1) is 23.8. The van der Waals surface area contributed by atoms with E-state index in [-0.39, 0.29) is 18.1 Å². The molecule has 0 aliphatic carbocycles. The number of carbonyl (C=O) groups is 2. The van der Waals surface area contributed by atoms with Gasteiger partial charge in [-0.15, -0.1) is 0 Å². The van der Waals surface area contributed by atoms with Gasteiger partial charge in [0.25, 0.3) is 5.91 Å². The molecular weight excluding hydrogens is 450 g/mol. The quantitative estimate of drug-likeness (QED) is 0.363. The largest absolute Gasteiger partial charge is 0.452 e. The van der Waals surface area contributed by atoms with E-state index in [1.165, 1.54) is 18.9 Å². The topological polar surface area (TPSA) is 82.4 Å². The number of carbonyl (C=O) groups excluding carboxylic acids is 2. The molecule has 1 aromatic heterocycles. The summed E-state index contributed by atoms with van der Waals surface area (Å²) in [7, 11) is 1.54. The number of imidazole rings is 1. The summed E-state index contributed by atoms with van der Waals surface area (Å²) in [5, 5.41) is 3.80. The Bertz CT molecular complexity index is 1100. The zero-order valence-electron chi connectivity index (χ0n) is 18.2. The van der Waals surface area contributed by atoms with E-state index in [1.54, 1.807) is 42.7 Å². The van der Waals surface area contributed by atoms with Gasteiger partial charge in [0.05, 0.1) is 6.61 Å². The summed E-state index contributed by atoms with van der Waals surface area (Å²) in [6.07, 6.45) is 1.84. The van der Waals surface area contributed by atoms with E-state index in [9.17, 15) is 9.59 Å². The highest BCUT2D eigenvalue weighted by atomic mass is 35.5. The minimum absolute atomic E-state index is 0.108. The molecule has 2 aromatic carbocycles. The molecule has 0 spiro atoms. The second-order valence-corrected chi connectivity index (χ2v) is 8.72. The number of halogens is 1. The summed E-state index contributed by atoms with van der Waals surface area (Å²) in [5.74, 6) is -0.941. The van der Waals surface area contributed by atoms with Crippen LogP contribution in [0.1, 0.15) is 34.7 Å². The fourth-order valence-corrected chi connectivity index (χ4v) is 3.77. The van der Waals surface area contributed by atoms with Crippen LogP contribution in [0, 0.1) is 0 Å². The van der Waals surface area contributed by atoms with Crippen molar-refractivity contribution in [1.82, 2.24) is 9.55 Å². The number of aromatic nitrogens is 2. The molecule has 7 nitrogen and oxygen atoms in total. The van der Waals surface area contributed by atoms with Gasteiger partial charge in [0.15, 0.2) is 16.7 Å². The Morgan fingerprint density at radius 3 is 2.38 bits per heavy atom. The number of hydrogen-bond donors (Lipinski definition) is 1. The minimum atomic E-state index is -0.880. The van der Waals surface area contributed by atoms with Gasteiger partial charge in [-0.1, -0.05) is 41.6 Å². The first-order valence-electron chi connectivity index (χ1n) is 9.77. The average Bonchev–Trinajstić information content (AvgIpc) is 3.12. The van der Waals surface area contributed by atoms with E-state index in [4.69, 9.17) is 21.1 Å². The number of thioether (sulfide) groups is 1. The Morgan fingerprint density at radius 2 is 1.78 bits per heavy atom. The Morgan fingerprint density at radius 1 is 1.12 bits per heavy atom. The van der Waals surface area contributed by atoms with Gasteiger partial charge < -0.3 is 14.8 Å². The fraction of sp³-hybridized carbons (Fsp3) is 0.261. The third kappa shape index (κ3) is 5.51. The molecule has 3 aromatic rings. The van der Waals surface area contributed by atoms with E-state index in [0.29, 0.717) is 21.4 Å². The van der Waals surface area contributed by atoms with Crippen LogP contribution in [0.15, 0.2) is 59.8 Å². The van der Waals surface area contributed by atoms with Gasteiger partial charge in [-0.2, -0.15) is 0 Å². The Balaban J connectivity index is 2.07. The summed E-state index contributed by atoms with van der Waals surface area (Å²) in [4.78, 5) is 30.7. The zero-order chi connectivity index (χ0) is 23.3. The van der Waals surface area contributed by atoms with Crippen LogP contribution < -0.4 is 5.32 Å². The summed E-state index contributed by atoms with van der Waals surface area (Å²) in [5.41, 5.74) is 0.336. The zero-order valence-corrected chi connectivity index (χ0v) is 19.8. The number of esters is 1. The van der Waals surface area contributed by atoms with Gasteiger partial charge in [-0.3, -0.25) is 9.36 Å². The molecule has 1 N–H and O–H groups in total. The van der Waals surface area contributed by atoms with E-state index >= 15 is 0 Å². The molecule has 32 heavy (non-hydrogen) atoms. The summed E-state index contributed by atoms with van der Waals surface area (Å²) in [6, 6.07) is 15.7. The van der Waals surface area contributed by atoms with Crippen molar-refractivity contribution in [2.24, 2.45) is 0 Å². The highest BCUT2D eigenvalue weighted by Gasteiger charge is 2.31. The van der Waals surface area contributed by atoms with Crippen molar-refractivity contribution in [3.63, 3.8) is 0 Å². The van der Waals surface area contributed by atoms with Crippen LogP contribution in [-0.2, 0) is 9.47 Å². The molecule has 1 amide bonds. The number of amides is 1. The number of hydrogen-bond acceptors (Lipinski definition) is 6. The molecule has 1 heterocycles. The van der Waals surface area contributed by atoms with Crippen LogP contribution in [0.4, 0.5) is 5.82 Å². The molecule has 0 bridgehead atoms. The standard InChI is InChI=1S/C23H24ClN3O4S/c1-23(2,14-30-3)31-21(29)18-19(25-20(28)15-10-12-16(24)13-11-15)26-22(32-4)27(18)17-8-6-5-7-9-17/h5-13H,14H2,1-4H3,(H,25,28). The number of para-hydroxylation sites is 1. The minimum Gasteiger partial charge on any atom is -0.452 e. The number of nitrogens with zero attached hydrogens (tertiary/aromatic N) is 2. The van der Waals surface area contributed by atoms with Crippen molar-refractivity contribution in [1.29, 1.82) is 0 Å². The Labute approximate surface area is 196 Å². The van der Waals surface area contributed by atoms with Gasteiger partial charge >= 0.3 is 5.97 Å². The number of rotatable bonds is 8. The molecule has 0 atom stereocenters. The lowest BCUT2D eigenvalue weighted by Crippen LogP contribution is -2.34. The summed E-state index contributed by atoms with van der Waals surface area (Å²) in [6.45, 7) is 3.71. The highest BCUT2D eigenvalue weighted by molar-refractivity contribution is 7.98. The van der Waals surface area contributed by atoms with Crippen LogP contribution in [0.25, 0.3) is 5.69 Å². The number of benzene rings is 2. The van der Waals surface area contributed by atoms with Crippen LogP contribution in [-0.4, -0.2) is 47.0 Å². The Kier molecular flexibility index (Phi) is 7.60. The number of ether oxygens (including phenoxy) is 2. The van der Waals surface area contributed by atoms with Gasteiger partial charge in [0, 0.05) is 23.4 Å². The van der Waals surface area contributed by atoms with Crippen molar-refractivity contribution in [2.45, 2.75) is 24.6 Å². The lowest BCUT2D eigenvalue weighted by Gasteiger charge is -2.24. The second-order valence-electron chi connectivity index (χ2n) is 7.51. The maximum absolute atomic E-state index is 13.3. The third-order valence-electron chi connectivity index (χ3n) is 4.44. The predicted octanol–water partition coefficient (Wildman–Crippen LogP) is 5.08. The third-order valence-corrected chi connectivity index (χ3v) is 5.33. The maximum atomic E-state index is 13.3. The fourth-order valence-electron chi connectivity index (χ4n) is 3.09. The average molecular weight is 474 g/mol. The van der Waals surface area contributed by atoms with Crippen LogP contribution >= 0.6 is 23.4 Å². The van der Waals surface area contributed by atoms with E-state index in [1.807, 2.05) is 36.6 Å². The van der Waals surface area contributed by atoms with Crippen LogP contribution in [0.5, 0.6) is 0 Å². The van der Waals surface area contributed by atoms with Crippen molar-refractivity contribution in [3.05, 3.63) is 70.9 Å². The van der Waals surface area contributed by atoms with Gasteiger partial charge in [0.1, 0.15) is 5.60 Å². The lowest BCUT2D eigenvalue weighted by molar-refractivity contribution is -0.0370. The van der Waals surface area contributed by atoms with Gasteiger partial charge in [0.2, 0.25) is 0 Å². The highest BCUT2D eigenvalue weighted by Crippen LogP contribution is 2.30. The summed E-state index contributed by atoms with van der Waals surface area (Å²) >= 11 is 7.27. The molecular formula is C23H24ClN3O4S. The van der Waals surface area contributed by atoms with Gasteiger partial charge in [-0.05, 0) is 56.5 Å². The first-order chi connectivity index (χ1) is 15.3. The second kappa shape index (κ2) is 10.2. The van der Waals surface area contributed by atoms with E-state index < -0.39 is 17.5 Å². The molecule has 0 aliphatic heterocycles. The Hall–Kier alpha value is -2.81. The van der Waals surface area contributed by atoms with E-state index in [0.717, 1.165) is 0 Å². The number of nitrogens with one attached hydrogen (secondary N) is 1. The smallest absolute Gasteiger partial charge is 0.359 e. The molecule has 0 unspecified atom stereocenters. The molecule has 0 saturated heterocycles. The monoisotopic (exact) mass is 473 g/mol. The number of anilines is 1. The van der Waals surface area contributed by atoms with Crippen LogP contribution in [0.3, 0.4) is 0 Å². The number of methoxy groups -OCH3 is 1. The molecule has 9 heteroatoms. The normalized spacial score (nSPS) is 11.3. The summed E-state index contributed by atoms with van der Waals surface area (Å²) < 4.78 is 12.6. The SMILES string of the molecule is COCC(C)(C)OC(=O)c1c(NC(=O)c2ccc(Cl)cc2)nc(SC)n1-c1ccccc1. The van der Waals surface area contributed by atoms with E-state index in [2.05, 4.69) is 10.3 Å². The van der Waals surface area contributed by atoms with Gasteiger partial charge in [-0.25, -0.2) is 9.78 Å². The predicted molar refractivity (Wildman–Crippen MR) is 126 cm³/mol. The van der Waals surface area contributed by atoms with Crippen molar-refractivity contribution in [3.8, 4) is 5.69 Å². The lowest BCUT2D eigenvalue weighted by atomic mass is 10.1. The molecule has 0 aliphatic rings. The van der Waals surface area contributed by atoms with Crippen molar-refractivity contribution >= 4 is 41.1 Å². The van der Waals surface area contributed by atoms with Crippen molar-refractivity contribution in [2.75, 3.05) is 25.3 Å². The molecule has 0 fully saturated rings. The van der Waals surface area contributed by atoms with Crippen LogP contribution in [0.2, 0.25) is 5.02 Å². The first-order valence-corrected chi connectivity index (χ1v) is 11.4.